The average molecular weight is 338 g/mol. The summed E-state index contributed by atoms with van der Waals surface area (Å²) in [7, 11) is 0. The number of carbonyl (C=O) groups is 2. The van der Waals surface area contributed by atoms with Crippen molar-refractivity contribution in [3.63, 3.8) is 0 Å². The van der Waals surface area contributed by atoms with E-state index in [-0.39, 0.29) is 12.4 Å². The minimum atomic E-state index is -0.448. The van der Waals surface area contributed by atoms with Gasteiger partial charge in [0.05, 0.1) is 14.8 Å². The predicted molar refractivity (Wildman–Crippen MR) is 86.1 cm³/mol. The Balaban J connectivity index is 1.67. The molecule has 1 fully saturated rings. The molecular formula is C16H16ClNO3S. The molecule has 1 saturated carbocycles. The smallest absolute Gasteiger partial charge is 0.340 e. The fourth-order valence-electron chi connectivity index (χ4n) is 2.62. The summed E-state index contributed by atoms with van der Waals surface area (Å²) in [6.45, 7) is 3.65. The number of hydrogen-bond acceptors (Lipinski definition) is 4. The summed E-state index contributed by atoms with van der Waals surface area (Å²) in [6, 6.07) is 5.64. The Hall–Kier alpha value is -1.59. The van der Waals surface area contributed by atoms with Crippen molar-refractivity contribution in [2.75, 3.05) is 6.61 Å². The molecule has 0 amide bonds. The van der Waals surface area contributed by atoms with Gasteiger partial charge < -0.3 is 9.30 Å². The van der Waals surface area contributed by atoms with E-state index in [0.717, 1.165) is 24.2 Å². The molecule has 1 aliphatic rings. The highest BCUT2D eigenvalue weighted by atomic mass is 35.5. The van der Waals surface area contributed by atoms with E-state index in [1.165, 1.54) is 11.3 Å². The quantitative estimate of drug-likeness (QED) is 0.607. The zero-order chi connectivity index (χ0) is 15.9. The van der Waals surface area contributed by atoms with Gasteiger partial charge in [-0.2, -0.15) is 0 Å². The normalized spacial score (nSPS) is 14.1. The van der Waals surface area contributed by atoms with Crippen LogP contribution < -0.4 is 0 Å². The summed E-state index contributed by atoms with van der Waals surface area (Å²) in [5.41, 5.74) is 2.52. The molecule has 3 rings (SSSR count). The lowest BCUT2D eigenvalue weighted by molar-refractivity contribution is 0.0475. The molecule has 0 spiro atoms. The van der Waals surface area contributed by atoms with E-state index in [9.17, 15) is 9.59 Å². The first-order chi connectivity index (χ1) is 10.5. The van der Waals surface area contributed by atoms with Gasteiger partial charge in [-0.1, -0.05) is 11.6 Å². The van der Waals surface area contributed by atoms with Crippen LogP contribution >= 0.6 is 22.9 Å². The molecule has 6 heteroatoms. The maximum atomic E-state index is 12.2. The number of thiophene rings is 1. The third-order valence-corrected chi connectivity index (χ3v) is 5.07. The van der Waals surface area contributed by atoms with Gasteiger partial charge in [0, 0.05) is 17.4 Å². The number of hydrogen-bond donors (Lipinski definition) is 0. The Labute approximate surface area is 137 Å². The third kappa shape index (κ3) is 2.96. The van der Waals surface area contributed by atoms with Crippen LogP contribution in [0, 0.1) is 13.8 Å². The SMILES string of the molecule is Cc1cc(C(=O)OCC(=O)c2ccc(Cl)s2)c(C)n1C1CC1. The minimum absolute atomic E-state index is 0.235. The number of carbonyl (C=O) groups excluding carboxylic acids is 2. The molecule has 0 aliphatic heterocycles. The van der Waals surface area contributed by atoms with E-state index in [4.69, 9.17) is 16.3 Å². The predicted octanol–water partition coefficient (Wildman–Crippen LogP) is 4.19. The molecule has 0 aromatic carbocycles. The average Bonchev–Trinajstić information content (AvgIpc) is 3.14. The number of ether oxygens (including phenoxy) is 1. The second kappa shape index (κ2) is 5.89. The van der Waals surface area contributed by atoms with Gasteiger partial charge in [0.2, 0.25) is 5.78 Å². The Kier molecular flexibility index (Phi) is 4.10. The molecular weight excluding hydrogens is 322 g/mol. The topological polar surface area (TPSA) is 48.3 Å². The van der Waals surface area contributed by atoms with Crippen LogP contribution in [0.5, 0.6) is 0 Å². The van der Waals surface area contributed by atoms with E-state index in [0.29, 0.717) is 20.8 Å². The van der Waals surface area contributed by atoms with Crippen LogP contribution in [0.25, 0.3) is 0 Å². The van der Waals surface area contributed by atoms with Gasteiger partial charge in [-0.15, -0.1) is 11.3 Å². The number of aryl methyl sites for hydroxylation is 1. The molecule has 4 nitrogen and oxygen atoms in total. The van der Waals surface area contributed by atoms with E-state index in [1.807, 2.05) is 19.9 Å². The summed E-state index contributed by atoms with van der Waals surface area (Å²) in [5.74, 6) is -0.683. The zero-order valence-corrected chi connectivity index (χ0v) is 14.0. The van der Waals surface area contributed by atoms with Crippen molar-refractivity contribution in [2.24, 2.45) is 0 Å². The summed E-state index contributed by atoms with van der Waals surface area (Å²) >= 11 is 6.98. The van der Waals surface area contributed by atoms with Crippen molar-refractivity contribution in [1.29, 1.82) is 0 Å². The van der Waals surface area contributed by atoms with E-state index in [1.54, 1.807) is 12.1 Å². The number of Topliss-reactive ketones (excluding diaryl/α,β-unsaturated/α-hetero) is 1. The van der Waals surface area contributed by atoms with Crippen molar-refractivity contribution >= 4 is 34.7 Å². The molecule has 2 aromatic rings. The number of nitrogens with zero attached hydrogens (tertiary/aromatic N) is 1. The van der Waals surface area contributed by atoms with Crippen LogP contribution in [0.1, 0.15) is 50.3 Å². The number of ketones is 1. The molecule has 2 heterocycles. The van der Waals surface area contributed by atoms with Gasteiger partial charge in [0.1, 0.15) is 0 Å². The molecule has 0 saturated heterocycles. The van der Waals surface area contributed by atoms with Crippen molar-refractivity contribution in [3.05, 3.63) is 44.4 Å². The Morgan fingerprint density at radius 2 is 2.09 bits per heavy atom. The van der Waals surface area contributed by atoms with Gasteiger partial charge in [-0.05, 0) is 44.9 Å². The highest BCUT2D eigenvalue weighted by Crippen LogP contribution is 2.38. The molecule has 0 unspecified atom stereocenters. The minimum Gasteiger partial charge on any atom is -0.454 e. The summed E-state index contributed by atoms with van der Waals surface area (Å²) in [5, 5.41) is 0. The summed E-state index contributed by atoms with van der Waals surface area (Å²) in [6.07, 6.45) is 2.31. The van der Waals surface area contributed by atoms with Crippen LogP contribution in [0.4, 0.5) is 0 Å². The maximum absolute atomic E-state index is 12.2. The Bertz CT molecular complexity index is 743. The number of aromatic nitrogens is 1. The Morgan fingerprint density at radius 3 is 2.68 bits per heavy atom. The van der Waals surface area contributed by atoms with E-state index >= 15 is 0 Å². The standard InChI is InChI=1S/C16H16ClNO3S/c1-9-7-12(10(2)18(9)11-3-4-11)16(20)21-8-13(19)14-5-6-15(17)22-14/h5-7,11H,3-4,8H2,1-2H3. The second-order valence-corrected chi connectivity index (χ2v) is 7.20. The van der Waals surface area contributed by atoms with Gasteiger partial charge in [0.15, 0.2) is 6.61 Å². The molecule has 0 atom stereocenters. The van der Waals surface area contributed by atoms with Gasteiger partial charge in [-0.3, -0.25) is 4.79 Å². The molecule has 116 valence electrons. The molecule has 0 N–H and O–H groups in total. The maximum Gasteiger partial charge on any atom is 0.340 e. The molecule has 1 aliphatic carbocycles. The number of halogens is 1. The molecule has 0 bridgehead atoms. The third-order valence-electron chi connectivity index (χ3n) is 3.80. The fraction of sp³-hybridized carbons (Fsp3) is 0.375. The molecule has 22 heavy (non-hydrogen) atoms. The monoisotopic (exact) mass is 337 g/mol. The molecule has 2 aromatic heterocycles. The Morgan fingerprint density at radius 1 is 1.36 bits per heavy atom. The highest BCUT2D eigenvalue weighted by Gasteiger charge is 2.28. The largest absolute Gasteiger partial charge is 0.454 e. The number of esters is 1. The van der Waals surface area contributed by atoms with Gasteiger partial charge >= 0.3 is 5.97 Å². The first-order valence-electron chi connectivity index (χ1n) is 7.11. The number of rotatable bonds is 5. The van der Waals surface area contributed by atoms with Crippen molar-refractivity contribution in [2.45, 2.75) is 32.7 Å². The summed E-state index contributed by atoms with van der Waals surface area (Å²) in [4.78, 5) is 24.6. The van der Waals surface area contributed by atoms with Crippen LogP contribution in [0.15, 0.2) is 18.2 Å². The first kappa shape index (κ1) is 15.3. The van der Waals surface area contributed by atoms with E-state index < -0.39 is 5.97 Å². The van der Waals surface area contributed by atoms with Gasteiger partial charge in [-0.25, -0.2) is 4.79 Å². The van der Waals surface area contributed by atoms with Crippen LogP contribution in [0.2, 0.25) is 4.34 Å². The lowest BCUT2D eigenvalue weighted by atomic mass is 10.2. The van der Waals surface area contributed by atoms with E-state index in [2.05, 4.69) is 4.57 Å². The lowest BCUT2D eigenvalue weighted by Gasteiger charge is -2.07. The van der Waals surface area contributed by atoms with Crippen molar-refractivity contribution in [3.8, 4) is 0 Å². The van der Waals surface area contributed by atoms with Crippen molar-refractivity contribution < 1.29 is 14.3 Å². The van der Waals surface area contributed by atoms with Crippen LogP contribution in [-0.4, -0.2) is 22.9 Å². The highest BCUT2D eigenvalue weighted by molar-refractivity contribution is 7.18. The van der Waals surface area contributed by atoms with Crippen LogP contribution in [0.3, 0.4) is 0 Å². The van der Waals surface area contributed by atoms with Crippen LogP contribution in [-0.2, 0) is 4.74 Å². The van der Waals surface area contributed by atoms with Gasteiger partial charge in [0.25, 0.3) is 0 Å². The second-order valence-electron chi connectivity index (χ2n) is 5.49. The zero-order valence-electron chi connectivity index (χ0n) is 12.4. The van der Waals surface area contributed by atoms with Crippen molar-refractivity contribution in [1.82, 2.24) is 4.57 Å². The summed E-state index contributed by atoms with van der Waals surface area (Å²) < 4.78 is 7.89. The first-order valence-corrected chi connectivity index (χ1v) is 8.31. The molecule has 0 radical (unpaired) electrons. The fourth-order valence-corrected chi connectivity index (χ4v) is 3.59. The lowest BCUT2D eigenvalue weighted by Crippen LogP contribution is -2.14.